The second kappa shape index (κ2) is 7.55. The van der Waals surface area contributed by atoms with Gasteiger partial charge < -0.3 is 9.84 Å². The molecule has 0 aliphatic heterocycles. The molecule has 1 aromatic carbocycles. The first kappa shape index (κ1) is 13.2. The van der Waals surface area contributed by atoms with Crippen LogP contribution in [0.3, 0.4) is 0 Å². The highest BCUT2D eigenvalue weighted by atomic mass is 16.5. The van der Waals surface area contributed by atoms with E-state index < -0.39 is 5.97 Å². The average molecular weight is 210 g/mol. The lowest BCUT2D eigenvalue weighted by molar-refractivity contribution is -0.109. The molecule has 0 aliphatic carbocycles. The van der Waals surface area contributed by atoms with E-state index in [1.165, 1.54) is 12.1 Å². The molecule has 1 aromatic rings. The first-order valence-electron chi connectivity index (χ1n) is 4.64. The Labute approximate surface area is 88.5 Å². The molecule has 0 amide bonds. The normalized spacial score (nSPS) is 8.40. The molecule has 15 heavy (non-hydrogen) atoms. The SMILES string of the molecule is CC.O=CCOc1ccccc1C(=O)O. The van der Waals surface area contributed by atoms with E-state index in [0.29, 0.717) is 6.29 Å². The van der Waals surface area contributed by atoms with E-state index in [2.05, 4.69) is 0 Å². The zero-order valence-corrected chi connectivity index (χ0v) is 8.77. The fourth-order valence-electron chi connectivity index (χ4n) is 0.893. The predicted molar refractivity (Wildman–Crippen MR) is 56.3 cm³/mol. The monoisotopic (exact) mass is 210 g/mol. The van der Waals surface area contributed by atoms with Gasteiger partial charge in [0.1, 0.15) is 17.9 Å². The number of hydrogen-bond acceptors (Lipinski definition) is 3. The Balaban J connectivity index is 0.000000921. The molecular weight excluding hydrogens is 196 g/mol. The summed E-state index contributed by atoms with van der Waals surface area (Å²) in [5.41, 5.74) is 0.0596. The molecule has 0 atom stereocenters. The quantitative estimate of drug-likeness (QED) is 0.772. The van der Waals surface area contributed by atoms with Gasteiger partial charge in [-0.2, -0.15) is 0 Å². The summed E-state index contributed by atoms with van der Waals surface area (Å²) >= 11 is 0. The molecule has 82 valence electrons. The number of benzene rings is 1. The van der Waals surface area contributed by atoms with Gasteiger partial charge in [-0.25, -0.2) is 4.79 Å². The third-order valence-electron chi connectivity index (χ3n) is 1.42. The van der Waals surface area contributed by atoms with Gasteiger partial charge in [0.2, 0.25) is 0 Å². The second-order valence-corrected chi connectivity index (χ2v) is 2.28. The summed E-state index contributed by atoms with van der Waals surface area (Å²) in [4.78, 5) is 20.6. The van der Waals surface area contributed by atoms with Crippen LogP contribution in [0.4, 0.5) is 0 Å². The van der Waals surface area contributed by atoms with E-state index in [1.54, 1.807) is 12.1 Å². The smallest absolute Gasteiger partial charge is 0.339 e. The molecule has 0 saturated heterocycles. The molecule has 0 aromatic heterocycles. The minimum atomic E-state index is -1.07. The lowest BCUT2D eigenvalue weighted by Gasteiger charge is -2.04. The van der Waals surface area contributed by atoms with E-state index in [0.717, 1.165) is 0 Å². The Morgan fingerprint density at radius 1 is 1.40 bits per heavy atom. The van der Waals surface area contributed by atoms with Gasteiger partial charge in [0.15, 0.2) is 6.29 Å². The summed E-state index contributed by atoms with van der Waals surface area (Å²) < 4.78 is 4.90. The van der Waals surface area contributed by atoms with E-state index in [1.807, 2.05) is 13.8 Å². The summed E-state index contributed by atoms with van der Waals surface area (Å²) in [6.45, 7) is 3.87. The number of carboxylic acids is 1. The van der Waals surface area contributed by atoms with Crippen LogP contribution < -0.4 is 4.74 Å². The maximum Gasteiger partial charge on any atom is 0.339 e. The topological polar surface area (TPSA) is 63.6 Å². The number of hydrogen-bond donors (Lipinski definition) is 1. The third kappa shape index (κ3) is 4.26. The van der Waals surface area contributed by atoms with Crippen molar-refractivity contribution in [1.29, 1.82) is 0 Å². The molecule has 0 radical (unpaired) electrons. The summed E-state index contributed by atoms with van der Waals surface area (Å²) in [6.07, 6.45) is 0.568. The molecule has 0 fully saturated rings. The first-order valence-corrected chi connectivity index (χ1v) is 4.64. The minimum absolute atomic E-state index is 0.0596. The zero-order valence-electron chi connectivity index (χ0n) is 8.77. The van der Waals surface area contributed by atoms with Crippen molar-refractivity contribution >= 4 is 12.3 Å². The molecule has 4 nitrogen and oxygen atoms in total. The number of para-hydroxylation sites is 1. The van der Waals surface area contributed by atoms with Crippen LogP contribution in [0.15, 0.2) is 24.3 Å². The van der Waals surface area contributed by atoms with Crippen molar-refractivity contribution in [3.05, 3.63) is 29.8 Å². The maximum absolute atomic E-state index is 10.6. The summed E-state index contributed by atoms with van der Waals surface area (Å²) in [5.74, 6) is -0.858. The highest BCUT2D eigenvalue weighted by molar-refractivity contribution is 5.90. The van der Waals surface area contributed by atoms with Crippen molar-refractivity contribution in [2.45, 2.75) is 13.8 Å². The Bertz CT molecular complexity index is 320. The van der Waals surface area contributed by atoms with Gasteiger partial charge >= 0.3 is 5.97 Å². The Hall–Kier alpha value is -1.84. The summed E-state index contributed by atoms with van der Waals surface area (Å²) in [5, 5.41) is 8.70. The van der Waals surface area contributed by atoms with E-state index in [-0.39, 0.29) is 17.9 Å². The number of carbonyl (C=O) groups excluding carboxylic acids is 1. The summed E-state index contributed by atoms with van der Waals surface area (Å²) in [7, 11) is 0. The third-order valence-corrected chi connectivity index (χ3v) is 1.42. The Kier molecular flexibility index (Phi) is 6.63. The fraction of sp³-hybridized carbons (Fsp3) is 0.273. The van der Waals surface area contributed by atoms with Crippen LogP contribution in [0.2, 0.25) is 0 Å². The predicted octanol–water partition coefficient (Wildman–Crippen LogP) is 1.99. The number of ether oxygens (including phenoxy) is 1. The molecule has 0 heterocycles. The van der Waals surface area contributed by atoms with E-state index in [4.69, 9.17) is 9.84 Å². The lowest BCUT2D eigenvalue weighted by atomic mass is 10.2. The molecule has 1 rings (SSSR count). The van der Waals surface area contributed by atoms with Crippen molar-refractivity contribution in [3.8, 4) is 5.75 Å². The zero-order chi connectivity index (χ0) is 11.7. The van der Waals surface area contributed by atoms with Crippen LogP contribution in [0.25, 0.3) is 0 Å². The van der Waals surface area contributed by atoms with Crippen LogP contribution in [0, 0.1) is 0 Å². The number of carbonyl (C=O) groups is 2. The number of aldehydes is 1. The molecule has 0 unspecified atom stereocenters. The van der Waals surface area contributed by atoms with Gasteiger partial charge in [-0.3, -0.25) is 4.79 Å². The van der Waals surface area contributed by atoms with Crippen molar-refractivity contribution < 1.29 is 19.4 Å². The van der Waals surface area contributed by atoms with Crippen molar-refractivity contribution in [3.63, 3.8) is 0 Å². The summed E-state index contributed by atoms with van der Waals surface area (Å²) in [6, 6.07) is 6.17. The molecular formula is C11H14O4. The van der Waals surface area contributed by atoms with Gasteiger partial charge in [-0.05, 0) is 12.1 Å². The van der Waals surface area contributed by atoms with Crippen LogP contribution in [-0.2, 0) is 4.79 Å². The van der Waals surface area contributed by atoms with Crippen molar-refractivity contribution in [2.75, 3.05) is 6.61 Å². The Morgan fingerprint density at radius 3 is 2.53 bits per heavy atom. The number of carboxylic acid groups (broad SMARTS) is 1. The molecule has 1 N–H and O–H groups in total. The van der Waals surface area contributed by atoms with Crippen LogP contribution in [0.5, 0.6) is 5.75 Å². The highest BCUT2D eigenvalue weighted by Crippen LogP contribution is 2.17. The standard InChI is InChI=1S/C9H8O4.C2H6/c10-5-6-13-8-4-2-1-3-7(8)9(11)12;1-2/h1-5H,6H2,(H,11,12);1-2H3. The van der Waals surface area contributed by atoms with Gasteiger partial charge in [0, 0.05) is 0 Å². The van der Waals surface area contributed by atoms with Gasteiger partial charge in [-0.15, -0.1) is 0 Å². The molecule has 0 bridgehead atoms. The van der Waals surface area contributed by atoms with E-state index >= 15 is 0 Å². The van der Waals surface area contributed by atoms with Gasteiger partial charge in [0.25, 0.3) is 0 Å². The second-order valence-electron chi connectivity index (χ2n) is 2.28. The van der Waals surface area contributed by atoms with Crippen molar-refractivity contribution in [1.82, 2.24) is 0 Å². The highest BCUT2D eigenvalue weighted by Gasteiger charge is 2.08. The molecule has 0 saturated carbocycles. The average Bonchev–Trinajstić information content (AvgIpc) is 2.29. The van der Waals surface area contributed by atoms with Crippen LogP contribution in [0.1, 0.15) is 24.2 Å². The number of rotatable bonds is 4. The Morgan fingerprint density at radius 2 is 2.00 bits per heavy atom. The van der Waals surface area contributed by atoms with Gasteiger partial charge in [-0.1, -0.05) is 26.0 Å². The lowest BCUT2D eigenvalue weighted by Crippen LogP contribution is -2.04. The largest absolute Gasteiger partial charge is 0.485 e. The number of aromatic carboxylic acids is 1. The first-order chi connectivity index (χ1) is 7.25. The van der Waals surface area contributed by atoms with Crippen LogP contribution in [-0.4, -0.2) is 24.0 Å². The fourth-order valence-corrected chi connectivity index (χ4v) is 0.893. The minimum Gasteiger partial charge on any atom is -0.485 e. The molecule has 4 heteroatoms. The maximum atomic E-state index is 10.6. The van der Waals surface area contributed by atoms with Crippen molar-refractivity contribution in [2.24, 2.45) is 0 Å². The molecule has 0 spiro atoms. The van der Waals surface area contributed by atoms with Gasteiger partial charge in [0.05, 0.1) is 0 Å². The van der Waals surface area contributed by atoms with E-state index in [9.17, 15) is 9.59 Å². The van der Waals surface area contributed by atoms with Crippen LogP contribution >= 0.6 is 0 Å². The molecule has 0 aliphatic rings.